The number of methoxy groups -OCH3 is 1. The third-order valence-electron chi connectivity index (χ3n) is 5.69. The number of fused-ring (bicyclic) bond motifs is 2. The second-order valence-corrected chi connectivity index (χ2v) is 7.75. The van der Waals surface area contributed by atoms with Crippen LogP contribution in [0.5, 0.6) is 17.2 Å². The molecule has 162 valence electrons. The Labute approximate surface area is 181 Å². The van der Waals surface area contributed by atoms with Crippen LogP contribution in [0.2, 0.25) is 0 Å². The molecule has 0 spiro atoms. The van der Waals surface area contributed by atoms with Crippen molar-refractivity contribution >= 4 is 10.9 Å². The van der Waals surface area contributed by atoms with Crippen LogP contribution in [0.25, 0.3) is 10.9 Å². The van der Waals surface area contributed by atoms with Gasteiger partial charge in [-0.25, -0.2) is 0 Å². The summed E-state index contributed by atoms with van der Waals surface area (Å²) in [7, 11) is 1.68. The van der Waals surface area contributed by atoms with Gasteiger partial charge in [-0.15, -0.1) is 0 Å². The summed E-state index contributed by atoms with van der Waals surface area (Å²) in [6.07, 6.45) is 3.30. The molecular formula is C24H26N2O5. The van der Waals surface area contributed by atoms with Crippen molar-refractivity contribution in [3.8, 4) is 17.2 Å². The molecule has 3 aromatic rings. The summed E-state index contributed by atoms with van der Waals surface area (Å²) < 4.78 is 28.1. The summed E-state index contributed by atoms with van der Waals surface area (Å²) in [5, 5.41) is 4.60. The largest absolute Gasteiger partial charge is 0.497 e. The van der Waals surface area contributed by atoms with Gasteiger partial charge in [0.25, 0.3) is 0 Å². The Morgan fingerprint density at radius 3 is 2.77 bits per heavy atom. The van der Waals surface area contributed by atoms with Crippen molar-refractivity contribution in [2.24, 2.45) is 0 Å². The van der Waals surface area contributed by atoms with Crippen LogP contribution in [0.1, 0.15) is 17.5 Å². The topological polar surface area (TPSA) is 71.1 Å². The van der Waals surface area contributed by atoms with Gasteiger partial charge in [-0.2, -0.15) is 0 Å². The molecule has 0 bridgehead atoms. The molecule has 5 rings (SSSR count). The maximum absolute atomic E-state index is 5.96. The van der Waals surface area contributed by atoms with E-state index in [9.17, 15) is 0 Å². The number of rotatable bonds is 7. The van der Waals surface area contributed by atoms with E-state index >= 15 is 0 Å². The first-order valence-corrected chi connectivity index (χ1v) is 10.6. The Hall–Kier alpha value is -2.87. The van der Waals surface area contributed by atoms with E-state index < -0.39 is 0 Å². The predicted octanol–water partition coefficient (Wildman–Crippen LogP) is 3.44. The minimum Gasteiger partial charge on any atom is -0.497 e. The first-order chi connectivity index (χ1) is 15.3. The molecule has 31 heavy (non-hydrogen) atoms. The van der Waals surface area contributed by atoms with Crippen molar-refractivity contribution in [1.82, 2.24) is 10.3 Å². The normalized spacial score (nSPS) is 20.2. The molecule has 1 N–H and O–H groups in total. The highest BCUT2D eigenvalue weighted by molar-refractivity contribution is 5.83. The third-order valence-corrected chi connectivity index (χ3v) is 5.69. The first kappa shape index (κ1) is 20.1. The monoisotopic (exact) mass is 422 g/mol. The molecule has 0 atom stereocenters. The van der Waals surface area contributed by atoms with Crippen LogP contribution in [0.4, 0.5) is 0 Å². The number of ether oxygens (including phenoxy) is 5. The Balaban J connectivity index is 1.11. The molecule has 1 saturated heterocycles. The summed E-state index contributed by atoms with van der Waals surface area (Å²) in [6.45, 7) is 2.27. The molecule has 1 aromatic heterocycles. The van der Waals surface area contributed by atoms with Crippen LogP contribution < -0.4 is 19.5 Å². The molecular weight excluding hydrogens is 396 g/mol. The first-order valence-electron chi connectivity index (χ1n) is 10.6. The fourth-order valence-electron chi connectivity index (χ4n) is 3.94. The molecule has 0 saturated carbocycles. The van der Waals surface area contributed by atoms with Crippen molar-refractivity contribution in [3.63, 3.8) is 0 Å². The molecule has 7 heteroatoms. The number of hydrogen-bond donors (Lipinski definition) is 1. The average molecular weight is 422 g/mol. The van der Waals surface area contributed by atoms with Gasteiger partial charge in [0, 0.05) is 24.5 Å². The summed E-state index contributed by atoms with van der Waals surface area (Å²) in [6, 6.07) is 14.2. The Morgan fingerprint density at radius 1 is 1.03 bits per heavy atom. The van der Waals surface area contributed by atoms with Crippen LogP contribution in [0.15, 0.2) is 48.7 Å². The Kier molecular flexibility index (Phi) is 5.88. The molecule has 3 heterocycles. The van der Waals surface area contributed by atoms with E-state index in [1.165, 1.54) is 5.56 Å². The fraction of sp³-hybridized carbons (Fsp3) is 0.375. The number of aryl methyl sites for hydroxylation is 1. The molecule has 0 radical (unpaired) electrons. The lowest BCUT2D eigenvalue weighted by molar-refractivity contribution is -0.192. The zero-order valence-electron chi connectivity index (χ0n) is 17.5. The molecule has 0 amide bonds. The third kappa shape index (κ3) is 4.58. The second kappa shape index (κ2) is 9.09. The molecule has 0 aliphatic carbocycles. The smallest absolute Gasteiger partial charge is 0.231 e. The van der Waals surface area contributed by atoms with Gasteiger partial charge in [0.05, 0.1) is 31.9 Å². The van der Waals surface area contributed by atoms with Gasteiger partial charge in [-0.05, 0) is 53.9 Å². The highest BCUT2D eigenvalue weighted by atomic mass is 16.7. The standard InChI is InChI=1S/C24H26N2O5/c1-27-19-4-5-21-20(11-19)17(8-9-25-21)3-7-24-28-13-18(14-29-24)26-12-16-2-6-22-23(10-16)31-15-30-22/h2,4-6,8-11,18,24,26H,3,7,12-15H2,1H3/t18-,24-. The lowest BCUT2D eigenvalue weighted by Crippen LogP contribution is -2.44. The van der Waals surface area contributed by atoms with Crippen LogP contribution in [-0.4, -0.2) is 44.4 Å². The van der Waals surface area contributed by atoms with Crippen LogP contribution in [-0.2, 0) is 22.4 Å². The number of benzene rings is 2. The summed E-state index contributed by atoms with van der Waals surface area (Å²) >= 11 is 0. The zero-order chi connectivity index (χ0) is 21.0. The van der Waals surface area contributed by atoms with Crippen LogP contribution >= 0.6 is 0 Å². The van der Waals surface area contributed by atoms with Gasteiger partial charge in [-0.3, -0.25) is 4.98 Å². The Morgan fingerprint density at radius 2 is 1.90 bits per heavy atom. The number of pyridine rings is 1. The van der Waals surface area contributed by atoms with E-state index in [1.54, 1.807) is 7.11 Å². The van der Waals surface area contributed by atoms with Crippen molar-refractivity contribution < 1.29 is 23.7 Å². The van der Waals surface area contributed by atoms with E-state index in [1.807, 2.05) is 42.6 Å². The van der Waals surface area contributed by atoms with Gasteiger partial charge in [-0.1, -0.05) is 6.07 Å². The van der Waals surface area contributed by atoms with E-state index in [-0.39, 0.29) is 12.3 Å². The molecule has 2 aromatic carbocycles. The zero-order valence-corrected chi connectivity index (χ0v) is 17.5. The predicted molar refractivity (Wildman–Crippen MR) is 116 cm³/mol. The van der Waals surface area contributed by atoms with E-state index in [0.29, 0.717) is 20.0 Å². The molecule has 0 unspecified atom stereocenters. The minimum absolute atomic E-state index is 0.160. The van der Waals surface area contributed by atoms with Gasteiger partial charge in [0.1, 0.15) is 5.75 Å². The molecule has 2 aliphatic rings. The van der Waals surface area contributed by atoms with Gasteiger partial charge in [0.15, 0.2) is 17.8 Å². The molecule has 7 nitrogen and oxygen atoms in total. The van der Waals surface area contributed by atoms with Crippen molar-refractivity contribution in [1.29, 1.82) is 0 Å². The van der Waals surface area contributed by atoms with Crippen molar-refractivity contribution in [3.05, 3.63) is 59.8 Å². The van der Waals surface area contributed by atoms with E-state index in [0.717, 1.165) is 53.1 Å². The lowest BCUT2D eigenvalue weighted by Gasteiger charge is -2.30. The van der Waals surface area contributed by atoms with Crippen LogP contribution in [0.3, 0.4) is 0 Å². The lowest BCUT2D eigenvalue weighted by atomic mass is 10.0. The van der Waals surface area contributed by atoms with Crippen molar-refractivity contribution in [2.75, 3.05) is 27.1 Å². The summed E-state index contributed by atoms with van der Waals surface area (Å²) in [5.74, 6) is 2.44. The highest BCUT2D eigenvalue weighted by Gasteiger charge is 2.22. The van der Waals surface area contributed by atoms with Gasteiger partial charge < -0.3 is 29.0 Å². The fourth-order valence-corrected chi connectivity index (χ4v) is 3.94. The maximum atomic E-state index is 5.96. The maximum Gasteiger partial charge on any atom is 0.231 e. The molecule has 1 fully saturated rings. The number of nitrogens with zero attached hydrogens (tertiary/aromatic N) is 1. The quantitative estimate of drug-likeness (QED) is 0.625. The van der Waals surface area contributed by atoms with Crippen LogP contribution in [0, 0.1) is 0 Å². The van der Waals surface area contributed by atoms with Gasteiger partial charge >= 0.3 is 0 Å². The summed E-state index contributed by atoms with van der Waals surface area (Å²) in [5.41, 5.74) is 3.34. The number of nitrogens with one attached hydrogen (secondary N) is 1. The number of hydrogen-bond acceptors (Lipinski definition) is 7. The Bertz CT molecular complexity index is 1050. The van der Waals surface area contributed by atoms with Crippen molar-refractivity contribution in [2.45, 2.75) is 31.7 Å². The second-order valence-electron chi connectivity index (χ2n) is 7.75. The minimum atomic E-state index is -0.197. The number of aromatic nitrogens is 1. The summed E-state index contributed by atoms with van der Waals surface area (Å²) in [4.78, 5) is 4.45. The average Bonchev–Trinajstić information content (AvgIpc) is 3.29. The van der Waals surface area contributed by atoms with E-state index in [2.05, 4.69) is 16.4 Å². The SMILES string of the molecule is COc1ccc2nccc(CC[C@H]3OC[C@H](NCc4ccc5c(c4)OCO5)CO3)c2c1. The molecule has 2 aliphatic heterocycles. The highest BCUT2D eigenvalue weighted by Crippen LogP contribution is 2.32. The van der Waals surface area contributed by atoms with Gasteiger partial charge in [0.2, 0.25) is 6.79 Å². The van der Waals surface area contributed by atoms with E-state index in [4.69, 9.17) is 23.7 Å².